The van der Waals surface area contributed by atoms with Gasteiger partial charge in [0.15, 0.2) is 0 Å². The second-order valence-electron chi connectivity index (χ2n) is 8.74. The summed E-state index contributed by atoms with van der Waals surface area (Å²) < 4.78 is 10.8. The molecule has 0 fully saturated rings. The second-order valence-corrected chi connectivity index (χ2v) is 8.74. The van der Waals surface area contributed by atoms with Crippen LogP contribution in [0.25, 0.3) is 5.57 Å². The molecule has 0 aromatic heterocycles. The van der Waals surface area contributed by atoms with Crippen molar-refractivity contribution < 1.29 is 24.2 Å². The van der Waals surface area contributed by atoms with Crippen molar-refractivity contribution >= 4 is 17.6 Å². The first-order valence-corrected chi connectivity index (χ1v) is 12.3. The van der Waals surface area contributed by atoms with E-state index in [9.17, 15) is 14.7 Å². The van der Waals surface area contributed by atoms with Gasteiger partial charge in [-0.2, -0.15) is 0 Å². The van der Waals surface area contributed by atoms with Crippen LogP contribution in [0.3, 0.4) is 0 Å². The standard InChI is InChI=1S/C31H34N2O5/c1-23(25-15-8-5-9-16-25)21-33(22-26-18-19-27(37-2)20-29(26)38-3)30(34)28(32-31(35)36)17-11-10-14-24-12-6-4-7-13-24/h4-13,15-16,18-20,28,32H,1,14,17,21-22H2,2-3H3,(H,35,36)/t28-/m1/s1. The first-order valence-electron chi connectivity index (χ1n) is 12.3. The third kappa shape index (κ3) is 8.27. The van der Waals surface area contributed by atoms with Gasteiger partial charge >= 0.3 is 6.09 Å². The van der Waals surface area contributed by atoms with Crippen LogP contribution in [0, 0.1) is 0 Å². The number of carbonyl (C=O) groups excluding carboxylic acids is 1. The van der Waals surface area contributed by atoms with E-state index >= 15 is 0 Å². The molecule has 0 heterocycles. The minimum Gasteiger partial charge on any atom is -0.497 e. The lowest BCUT2D eigenvalue weighted by Crippen LogP contribution is -2.48. The highest BCUT2D eigenvalue weighted by Crippen LogP contribution is 2.27. The molecule has 3 rings (SSSR count). The molecule has 0 saturated heterocycles. The second kappa shape index (κ2) is 14.3. The number of benzene rings is 3. The Bertz CT molecular complexity index is 1240. The maximum absolute atomic E-state index is 13.8. The first kappa shape index (κ1) is 28.1. The van der Waals surface area contributed by atoms with Gasteiger partial charge in [-0.05, 0) is 41.7 Å². The Morgan fingerprint density at radius 1 is 0.974 bits per heavy atom. The summed E-state index contributed by atoms with van der Waals surface area (Å²) in [5, 5.41) is 11.9. The summed E-state index contributed by atoms with van der Waals surface area (Å²) in [6, 6.07) is 23.9. The van der Waals surface area contributed by atoms with Crippen molar-refractivity contribution in [2.75, 3.05) is 20.8 Å². The Labute approximate surface area is 224 Å². The van der Waals surface area contributed by atoms with Crippen molar-refractivity contribution in [2.24, 2.45) is 0 Å². The van der Waals surface area contributed by atoms with Gasteiger partial charge < -0.3 is 24.8 Å². The average Bonchev–Trinajstić information content (AvgIpc) is 2.94. The Hall–Kier alpha value is -4.52. The molecule has 0 aliphatic carbocycles. The molecular formula is C31H34N2O5. The van der Waals surface area contributed by atoms with Crippen molar-refractivity contribution in [2.45, 2.75) is 25.4 Å². The zero-order valence-corrected chi connectivity index (χ0v) is 21.8. The summed E-state index contributed by atoms with van der Waals surface area (Å²) in [5.41, 5.74) is 3.53. The van der Waals surface area contributed by atoms with Crippen LogP contribution < -0.4 is 14.8 Å². The molecule has 2 N–H and O–H groups in total. The van der Waals surface area contributed by atoms with Crippen LogP contribution in [0.15, 0.2) is 97.6 Å². The summed E-state index contributed by atoms with van der Waals surface area (Å²) in [6.45, 7) is 4.60. The fourth-order valence-corrected chi connectivity index (χ4v) is 4.05. The minimum absolute atomic E-state index is 0.198. The Kier molecular flexibility index (Phi) is 10.5. The number of nitrogens with one attached hydrogen (secondary N) is 1. The molecule has 7 heteroatoms. The molecule has 0 radical (unpaired) electrons. The number of rotatable bonds is 13. The predicted molar refractivity (Wildman–Crippen MR) is 149 cm³/mol. The van der Waals surface area contributed by atoms with E-state index in [1.807, 2.05) is 78.9 Å². The number of carboxylic acid groups (broad SMARTS) is 1. The summed E-state index contributed by atoms with van der Waals surface area (Å²) in [4.78, 5) is 27.0. The Morgan fingerprint density at radius 2 is 1.66 bits per heavy atom. The average molecular weight is 515 g/mol. The zero-order valence-electron chi connectivity index (χ0n) is 21.8. The van der Waals surface area contributed by atoms with Gasteiger partial charge in [-0.1, -0.05) is 79.4 Å². The summed E-state index contributed by atoms with van der Waals surface area (Å²) in [7, 11) is 3.13. The molecule has 0 aliphatic heterocycles. The molecule has 1 atom stereocenters. The molecule has 0 spiro atoms. The highest BCUT2D eigenvalue weighted by atomic mass is 16.5. The fourth-order valence-electron chi connectivity index (χ4n) is 4.05. The minimum atomic E-state index is -1.26. The fraction of sp³-hybridized carbons (Fsp3) is 0.226. The first-order chi connectivity index (χ1) is 18.4. The predicted octanol–water partition coefficient (Wildman–Crippen LogP) is 5.57. The van der Waals surface area contributed by atoms with Crippen molar-refractivity contribution in [1.82, 2.24) is 10.2 Å². The van der Waals surface area contributed by atoms with Crippen LogP contribution in [0.2, 0.25) is 0 Å². The van der Waals surface area contributed by atoms with E-state index in [4.69, 9.17) is 9.47 Å². The number of allylic oxidation sites excluding steroid dienone is 1. The van der Waals surface area contributed by atoms with Crippen molar-refractivity contribution in [1.29, 1.82) is 0 Å². The third-order valence-corrected chi connectivity index (χ3v) is 6.06. The normalized spacial score (nSPS) is 11.5. The van der Waals surface area contributed by atoms with E-state index in [-0.39, 0.29) is 25.4 Å². The molecular weight excluding hydrogens is 480 g/mol. The number of nitrogens with zero attached hydrogens (tertiary/aromatic N) is 1. The van der Waals surface area contributed by atoms with E-state index in [1.165, 1.54) is 0 Å². The monoisotopic (exact) mass is 514 g/mol. The number of hydrogen-bond donors (Lipinski definition) is 2. The third-order valence-electron chi connectivity index (χ3n) is 6.06. The molecule has 0 bridgehead atoms. The Morgan fingerprint density at radius 3 is 2.29 bits per heavy atom. The maximum Gasteiger partial charge on any atom is 0.405 e. The van der Waals surface area contributed by atoms with E-state index in [0.29, 0.717) is 17.9 Å². The van der Waals surface area contributed by atoms with Crippen LogP contribution >= 0.6 is 0 Å². The molecule has 0 aliphatic rings. The van der Waals surface area contributed by atoms with Gasteiger partial charge in [-0.15, -0.1) is 0 Å². The molecule has 198 valence electrons. The van der Waals surface area contributed by atoms with Crippen molar-refractivity contribution in [3.8, 4) is 11.5 Å². The van der Waals surface area contributed by atoms with Crippen LogP contribution in [-0.4, -0.2) is 48.8 Å². The maximum atomic E-state index is 13.8. The van der Waals surface area contributed by atoms with Gasteiger partial charge in [0.2, 0.25) is 5.91 Å². The number of methoxy groups -OCH3 is 2. The topological polar surface area (TPSA) is 88.1 Å². The van der Waals surface area contributed by atoms with Crippen LogP contribution in [0.1, 0.15) is 23.1 Å². The van der Waals surface area contributed by atoms with Crippen LogP contribution in [-0.2, 0) is 17.8 Å². The molecule has 7 nitrogen and oxygen atoms in total. The highest BCUT2D eigenvalue weighted by molar-refractivity contribution is 5.87. The van der Waals surface area contributed by atoms with E-state index in [2.05, 4.69) is 11.9 Å². The lowest BCUT2D eigenvalue weighted by molar-refractivity contribution is -0.133. The van der Waals surface area contributed by atoms with Gasteiger partial charge in [-0.25, -0.2) is 4.79 Å². The van der Waals surface area contributed by atoms with Gasteiger partial charge in [-0.3, -0.25) is 4.79 Å². The number of ether oxygens (including phenoxy) is 2. The smallest absolute Gasteiger partial charge is 0.405 e. The molecule has 38 heavy (non-hydrogen) atoms. The van der Waals surface area contributed by atoms with Crippen molar-refractivity contribution in [3.63, 3.8) is 0 Å². The zero-order chi connectivity index (χ0) is 27.3. The highest BCUT2D eigenvalue weighted by Gasteiger charge is 2.27. The summed E-state index contributed by atoms with van der Waals surface area (Å²) in [6.07, 6.45) is 3.42. The lowest BCUT2D eigenvalue weighted by Gasteiger charge is -2.28. The molecule has 0 saturated carbocycles. The summed E-state index contributed by atoms with van der Waals surface area (Å²) in [5.74, 6) is 0.843. The quantitative estimate of drug-likeness (QED) is 0.291. The van der Waals surface area contributed by atoms with E-state index in [1.54, 1.807) is 31.3 Å². The molecule has 2 amide bonds. The van der Waals surface area contributed by atoms with E-state index < -0.39 is 12.1 Å². The van der Waals surface area contributed by atoms with Gasteiger partial charge in [0, 0.05) is 24.7 Å². The largest absolute Gasteiger partial charge is 0.497 e. The Balaban J connectivity index is 1.85. The van der Waals surface area contributed by atoms with Crippen LogP contribution in [0.5, 0.6) is 11.5 Å². The number of hydrogen-bond acceptors (Lipinski definition) is 4. The molecule has 3 aromatic carbocycles. The molecule has 3 aromatic rings. The van der Waals surface area contributed by atoms with Crippen molar-refractivity contribution in [3.05, 3.63) is 114 Å². The van der Waals surface area contributed by atoms with Crippen LogP contribution in [0.4, 0.5) is 4.79 Å². The SMILES string of the molecule is C=C(CN(Cc1ccc(OC)cc1OC)C(=O)[C@@H](CC=CCc1ccccc1)NC(=O)O)c1ccccc1. The van der Waals surface area contributed by atoms with Gasteiger partial charge in [0.05, 0.1) is 14.2 Å². The van der Waals surface area contributed by atoms with E-state index in [0.717, 1.165) is 22.3 Å². The number of carbonyl (C=O) groups is 2. The number of amides is 2. The van der Waals surface area contributed by atoms with Gasteiger partial charge in [0.1, 0.15) is 17.5 Å². The summed E-state index contributed by atoms with van der Waals surface area (Å²) >= 11 is 0. The lowest BCUT2D eigenvalue weighted by atomic mass is 10.0. The van der Waals surface area contributed by atoms with Gasteiger partial charge in [0.25, 0.3) is 0 Å². The molecule has 0 unspecified atom stereocenters.